The molecule has 0 unspecified atom stereocenters. The average molecular weight is 422 g/mol. The van der Waals surface area contributed by atoms with Gasteiger partial charge in [0.2, 0.25) is 0 Å². The van der Waals surface area contributed by atoms with Gasteiger partial charge in [0.1, 0.15) is 0 Å². The molecule has 0 N–H and O–H groups in total. The van der Waals surface area contributed by atoms with Crippen molar-refractivity contribution < 1.29 is 18.0 Å². The zero-order chi connectivity index (χ0) is 19.4. The molecule has 0 radical (unpaired) electrons. The van der Waals surface area contributed by atoms with Crippen LogP contribution in [0.25, 0.3) is 0 Å². The fourth-order valence-electron chi connectivity index (χ4n) is 2.21. The van der Waals surface area contributed by atoms with Crippen molar-refractivity contribution in [3.63, 3.8) is 0 Å². The standard InChI is InChI=1S/C19H13Cl2NO4S/c20-15-6-10-17(11-7-15)22(26-19(23)14-4-2-1-3-5-14)27(24,25)18-12-8-16(21)9-13-18/h1-13H. The summed E-state index contributed by atoms with van der Waals surface area (Å²) in [7, 11) is -4.20. The van der Waals surface area contributed by atoms with Gasteiger partial charge < -0.3 is 4.84 Å². The minimum absolute atomic E-state index is 0.0808. The smallest absolute Gasteiger partial charge is 0.320 e. The van der Waals surface area contributed by atoms with Crippen molar-refractivity contribution in [2.24, 2.45) is 0 Å². The molecule has 3 aromatic rings. The predicted octanol–water partition coefficient (Wildman–Crippen LogP) is 4.96. The number of hydrogen-bond acceptors (Lipinski definition) is 4. The van der Waals surface area contributed by atoms with E-state index >= 15 is 0 Å². The topological polar surface area (TPSA) is 63.7 Å². The number of carbonyl (C=O) groups is 1. The van der Waals surface area contributed by atoms with Gasteiger partial charge in [-0.3, -0.25) is 0 Å². The van der Waals surface area contributed by atoms with Crippen LogP contribution in [0, 0.1) is 0 Å². The third kappa shape index (κ3) is 4.42. The van der Waals surface area contributed by atoms with Crippen molar-refractivity contribution in [2.45, 2.75) is 4.90 Å². The first-order valence-electron chi connectivity index (χ1n) is 7.72. The molecule has 0 aromatic heterocycles. The molecule has 0 saturated carbocycles. The third-order valence-electron chi connectivity index (χ3n) is 3.54. The molecule has 0 spiro atoms. The number of carbonyl (C=O) groups excluding carboxylic acids is 1. The lowest BCUT2D eigenvalue weighted by Gasteiger charge is -2.22. The molecule has 27 heavy (non-hydrogen) atoms. The summed E-state index contributed by atoms with van der Waals surface area (Å²) in [5, 5.41) is 0.797. The van der Waals surface area contributed by atoms with Crippen LogP contribution < -0.4 is 4.47 Å². The second-order valence-electron chi connectivity index (χ2n) is 5.41. The number of benzene rings is 3. The van der Waals surface area contributed by atoms with E-state index < -0.39 is 16.0 Å². The van der Waals surface area contributed by atoms with Crippen LogP contribution in [0.4, 0.5) is 5.69 Å². The molecule has 138 valence electrons. The van der Waals surface area contributed by atoms with Crippen molar-refractivity contribution in [3.05, 3.63) is 94.5 Å². The van der Waals surface area contributed by atoms with Crippen molar-refractivity contribution >= 4 is 44.9 Å². The van der Waals surface area contributed by atoms with Gasteiger partial charge in [-0.05, 0) is 60.7 Å². The lowest BCUT2D eigenvalue weighted by atomic mass is 10.2. The second kappa shape index (κ2) is 8.00. The van der Waals surface area contributed by atoms with Crippen LogP contribution in [-0.2, 0) is 14.9 Å². The highest BCUT2D eigenvalue weighted by Crippen LogP contribution is 2.27. The Hall–Kier alpha value is -2.54. The monoisotopic (exact) mass is 421 g/mol. The Labute approximate surface area is 166 Å². The van der Waals surface area contributed by atoms with Crippen molar-refractivity contribution in [1.82, 2.24) is 0 Å². The van der Waals surface area contributed by atoms with E-state index in [1.54, 1.807) is 18.2 Å². The molecule has 0 atom stereocenters. The molecule has 0 heterocycles. The summed E-state index contributed by atoms with van der Waals surface area (Å²) in [6.07, 6.45) is 0. The largest absolute Gasteiger partial charge is 0.364 e. The SMILES string of the molecule is O=C(ON(c1ccc(Cl)cc1)S(=O)(=O)c1ccc(Cl)cc1)c1ccccc1. The van der Waals surface area contributed by atoms with Gasteiger partial charge >= 0.3 is 5.97 Å². The predicted molar refractivity (Wildman–Crippen MR) is 104 cm³/mol. The maximum absolute atomic E-state index is 13.1. The van der Waals surface area contributed by atoms with Crippen LogP contribution in [0.5, 0.6) is 0 Å². The number of sulfonamides is 1. The number of anilines is 1. The van der Waals surface area contributed by atoms with Crippen molar-refractivity contribution in [2.75, 3.05) is 4.47 Å². The van der Waals surface area contributed by atoms with Crippen LogP contribution in [0.3, 0.4) is 0 Å². The van der Waals surface area contributed by atoms with Gasteiger partial charge in [0.15, 0.2) is 0 Å². The van der Waals surface area contributed by atoms with Crippen LogP contribution in [0.2, 0.25) is 10.0 Å². The number of nitrogens with zero attached hydrogens (tertiary/aromatic N) is 1. The number of halogens is 2. The molecule has 0 saturated heterocycles. The molecule has 8 heteroatoms. The lowest BCUT2D eigenvalue weighted by molar-refractivity contribution is 0.0528. The quantitative estimate of drug-likeness (QED) is 0.546. The van der Waals surface area contributed by atoms with Crippen molar-refractivity contribution in [1.29, 1.82) is 0 Å². The molecule has 5 nitrogen and oxygen atoms in total. The van der Waals surface area contributed by atoms with Gasteiger partial charge in [0.05, 0.1) is 16.1 Å². The first-order valence-corrected chi connectivity index (χ1v) is 9.91. The second-order valence-corrected chi connectivity index (χ2v) is 8.03. The molecule has 0 fully saturated rings. The van der Waals surface area contributed by atoms with E-state index in [1.807, 2.05) is 0 Å². The summed E-state index contributed by atoms with van der Waals surface area (Å²) in [5.41, 5.74) is 0.335. The Kier molecular flexibility index (Phi) is 5.70. The van der Waals surface area contributed by atoms with Gasteiger partial charge in [0, 0.05) is 10.0 Å². The van der Waals surface area contributed by atoms with E-state index in [9.17, 15) is 13.2 Å². The summed E-state index contributed by atoms with van der Waals surface area (Å²) in [6.45, 7) is 0. The number of rotatable bonds is 5. The molecule has 3 rings (SSSR count). The normalized spacial score (nSPS) is 11.0. The molecule has 0 aliphatic heterocycles. The average Bonchev–Trinajstić information content (AvgIpc) is 2.68. The molecule has 3 aromatic carbocycles. The molecule has 0 aliphatic rings. The van der Waals surface area contributed by atoms with Crippen LogP contribution >= 0.6 is 23.2 Å². The highest BCUT2D eigenvalue weighted by atomic mass is 35.5. The minimum atomic E-state index is -4.20. The zero-order valence-electron chi connectivity index (χ0n) is 13.7. The fraction of sp³-hybridized carbons (Fsp3) is 0. The minimum Gasteiger partial charge on any atom is -0.320 e. The highest BCUT2D eigenvalue weighted by Gasteiger charge is 2.29. The summed E-state index contributed by atoms with van der Waals surface area (Å²) >= 11 is 11.7. The van der Waals surface area contributed by atoms with E-state index in [4.69, 9.17) is 28.0 Å². The summed E-state index contributed by atoms with van der Waals surface area (Å²) in [6, 6.07) is 19.5. The van der Waals surface area contributed by atoms with E-state index in [2.05, 4.69) is 0 Å². The van der Waals surface area contributed by atoms with Gasteiger partial charge in [-0.1, -0.05) is 45.9 Å². The maximum Gasteiger partial charge on any atom is 0.364 e. The molecule has 0 aliphatic carbocycles. The summed E-state index contributed by atoms with van der Waals surface area (Å²) in [4.78, 5) is 17.6. The Balaban J connectivity index is 2.03. The highest BCUT2D eigenvalue weighted by molar-refractivity contribution is 7.92. The Morgan fingerprint density at radius 1 is 0.778 bits per heavy atom. The molecule has 0 bridgehead atoms. The molecule has 0 amide bonds. The Morgan fingerprint density at radius 3 is 1.85 bits per heavy atom. The third-order valence-corrected chi connectivity index (χ3v) is 5.64. The van der Waals surface area contributed by atoms with Crippen molar-refractivity contribution in [3.8, 4) is 0 Å². The lowest BCUT2D eigenvalue weighted by Crippen LogP contribution is -2.33. The zero-order valence-corrected chi connectivity index (χ0v) is 16.1. The van der Waals surface area contributed by atoms with E-state index in [0.29, 0.717) is 14.5 Å². The van der Waals surface area contributed by atoms with Crippen LogP contribution in [0.15, 0.2) is 83.8 Å². The van der Waals surface area contributed by atoms with E-state index in [0.717, 1.165) is 0 Å². The molecular formula is C19H13Cl2NO4S. The Morgan fingerprint density at radius 2 is 1.30 bits per heavy atom. The maximum atomic E-state index is 13.1. The summed E-state index contributed by atoms with van der Waals surface area (Å²) < 4.78 is 26.7. The van der Waals surface area contributed by atoms with E-state index in [-0.39, 0.29) is 16.1 Å². The summed E-state index contributed by atoms with van der Waals surface area (Å²) in [5.74, 6) is -0.817. The van der Waals surface area contributed by atoms with Crippen LogP contribution in [0.1, 0.15) is 10.4 Å². The van der Waals surface area contributed by atoms with Gasteiger partial charge in [0.25, 0.3) is 10.0 Å². The van der Waals surface area contributed by atoms with Gasteiger partial charge in [-0.25, -0.2) is 4.79 Å². The first-order chi connectivity index (χ1) is 12.9. The fourth-order valence-corrected chi connectivity index (χ4v) is 3.70. The van der Waals surface area contributed by atoms with E-state index in [1.165, 1.54) is 60.7 Å². The first kappa shape index (κ1) is 19.2. The van der Waals surface area contributed by atoms with Gasteiger partial charge in [-0.2, -0.15) is 8.42 Å². The van der Waals surface area contributed by atoms with Gasteiger partial charge in [-0.15, -0.1) is 0 Å². The van der Waals surface area contributed by atoms with Crippen LogP contribution in [-0.4, -0.2) is 14.4 Å². The number of hydrogen-bond donors (Lipinski definition) is 0. The Bertz CT molecular complexity index is 1040. The molecular weight excluding hydrogens is 409 g/mol.